The zero-order chi connectivity index (χ0) is 15.5. The van der Waals surface area contributed by atoms with Crippen molar-refractivity contribution in [1.29, 1.82) is 0 Å². The lowest BCUT2D eigenvalue weighted by Crippen LogP contribution is -2.49. The van der Waals surface area contributed by atoms with E-state index >= 15 is 0 Å². The van der Waals surface area contributed by atoms with Crippen LogP contribution in [0.4, 0.5) is 0 Å². The zero-order valence-corrected chi connectivity index (χ0v) is 12.7. The van der Waals surface area contributed by atoms with Crippen LogP contribution in [0.3, 0.4) is 0 Å². The van der Waals surface area contributed by atoms with Crippen LogP contribution < -0.4 is 0 Å². The second-order valence-electron chi connectivity index (χ2n) is 5.72. The number of rotatable bonds is 5. The van der Waals surface area contributed by atoms with E-state index in [0.717, 1.165) is 18.5 Å². The minimum absolute atomic E-state index is 0.152. The number of hydrogen-bond donors (Lipinski definition) is 1. The molecule has 2 fully saturated rings. The van der Waals surface area contributed by atoms with E-state index in [9.17, 15) is 9.59 Å². The van der Waals surface area contributed by atoms with Crippen LogP contribution in [0.1, 0.15) is 48.3 Å². The Morgan fingerprint density at radius 2 is 2.32 bits per heavy atom. The van der Waals surface area contributed by atoms with Gasteiger partial charge in [-0.3, -0.25) is 14.7 Å². The first-order chi connectivity index (χ1) is 10.7. The molecule has 1 saturated carbocycles. The first kappa shape index (κ1) is 15.0. The molecule has 1 aliphatic carbocycles. The number of carbonyl (C=O) groups is 2. The Bertz CT molecular complexity index is 553. The van der Waals surface area contributed by atoms with Gasteiger partial charge >= 0.3 is 5.97 Å². The summed E-state index contributed by atoms with van der Waals surface area (Å²) in [7, 11) is 0. The summed E-state index contributed by atoms with van der Waals surface area (Å²) in [4.78, 5) is 26.0. The molecule has 2 aliphatic rings. The van der Waals surface area contributed by atoms with Gasteiger partial charge in [0.1, 0.15) is 5.69 Å². The van der Waals surface area contributed by atoms with E-state index in [2.05, 4.69) is 10.2 Å². The molecular formula is C15H21N3O4. The van der Waals surface area contributed by atoms with E-state index in [-0.39, 0.29) is 24.3 Å². The van der Waals surface area contributed by atoms with E-state index < -0.39 is 0 Å². The zero-order valence-electron chi connectivity index (χ0n) is 12.7. The first-order valence-corrected chi connectivity index (χ1v) is 7.78. The van der Waals surface area contributed by atoms with E-state index in [1.165, 1.54) is 0 Å². The molecule has 3 rings (SSSR count). The average Bonchev–Trinajstić information content (AvgIpc) is 3.25. The molecule has 1 amide bonds. The van der Waals surface area contributed by atoms with Gasteiger partial charge in [0.2, 0.25) is 0 Å². The maximum absolute atomic E-state index is 12.6. The van der Waals surface area contributed by atoms with Gasteiger partial charge < -0.3 is 14.4 Å². The summed E-state index contributed by atoms with van der Waals surface area (Å²) in [6, 6.07) is 1.54. The highest BCUT2D eigenvalue weighted by Crippen LogP contribution is 2.39. The summed E-state index contributed by atoms with van der Waals surface area (Å²) in [6.45, 7) is 3.40. The molecule has 1 saturated heterocycles. The fourth-order valence-corrected chi connectivity index (χ4v) is 2.70. The molecule has 1 aromatic heterocycles. The second kappa shape index (κ2) is 6.48. The predicted molar refractivity (Wildman–Crippen MR) is 77.5 cm³/mol. The summed E-state index contributed by atoms with van der Waals surface area (Å²) < 4.78 is 10.4. The molecule has 7 nitrogen and oxygen atoms in total. The summed E-state index contributed by atoms with van der Waals surface area (Å²) in [5, 5.41) is 7.07. The van der Waals surface area contributed by atoms with Gasteiger partial charge in [-0.1, -0.05) is 0 Å². The number of morpholine rings is 1. The van der Waals surface area contributed by atoms with Crippen LogP contribution in [0.5, 0.6) is 0 Å². The maximum Gasteiger partial charge on any atom is 0.307 e. The van der Waals surface area contributed by atoms with Crippen LogP contribution >= 0.6 is 0 Å². The normalized spacial score (nSPS) is 21.7. The second-order valence-corrected chi connectivity index (χ2v) is 5.72. The third-order valence-corrected chi connectivity index (χ3v) is 4.03. The molecule has 1 atom stereocenters. The van der Waals surface area contributed by atoms with Crippen LogP contribution in [0.2, 0.25) is 0 Å². The highest BCUT2D eigenvalue weighted by Gasteiger charge is 2.32. The minimum Gasteiger partial charge on any atom is -0.466 e. The number of hydrogen-bond acceptors (Lipinski definition) is 5. The van der Waals surface area contributed by atoms with Crippen molar-refractivity contribution in [2.45, 2.75) is 38.1 Å². The van der Waals surface area contributed by atoms with E-state index in [1.54, 1.807) is 11.8 Å². The van der Waals surface area contributed by atoms with Gasteiger partial charge in [-0.25, -0.2) is 0 Å². The lowest BCUT2D eigenvalue weighted by molar-refractivity contribution is -0.145. The van der Waals surface area contributed by atoms with Crippen LogP contribution in [-0.4, -0.2) is 59.4 Å². The summed E-state index contributed by atoms with van der Waals surface area (Å²) in [5.41, 5.74) is 1.44. The number of aromatic amines is 1. The minimum atomic E-state index is -0.309. The lowest BCUT2D eigenvalue weighted by atomic mass is 10.1. The number of nitrogens with zero attached hydrogens (tertiary/aromatic N) is 2. The van der Waals surface area contributed by atoms with Crippen molar-refractivity contribution in [3.05, 3.63) is 17.5 Å². The summed E-state index contributed by atoms with van der Waals surface area (Å²) >= 11 is 0. The van der Waals surface area contributed by atoms with Gasteiger partial charge in [0.05, 0.1) is 32.3 Å². The van der Waals surface area contributed by atoms with Crippen molar-refractivity contribution >= 4 is 11.9 Å². The topological polar surface area (TPSA) is 84.5 Å². The molecule has 0 radical (unpaired) electrons. The van der Waals surface area contributed by atoms with Crippen molar-refractivity contribution in [3.8, 4) is 0 Å². The number of esters is 1. The van der Waals surface area contributed by atoms with Crippen molar-refractivity contribution < 1.29 is 19.1 Å². The van der Waals surface area contributed by atoms with Crippen molar-refractivity contribution in [3.63, 3.8) is 0 Å². The fourth-order valence-electron chi connectivity index (χ4n) is 2.70. The monoisotopic (exact) mass is 307 g/mol. The highest BCUT2D eigenvalue weighted by molar-refractivity contribution is 5.93. The number of nitrogens with one attached hydrogen (secondary N) is 1. The smallest absolute Gasteiger partial charge is 0.307 e. The number of ether oxygens (including phenoxy) is 2. The summed E-state index contributed by atoms with van der Waals surface area (Å²) in [5.74, 6) is 0.0614. The SMILES string of the molecule is CCOC(=O)C[C@H]1COCCN1C(=O)c1cc(C2CC2)[nH]n1. The molecule has 0 bridgehead atoms. The number of aromatic nitrogens is 2. The van der Waals surface area contributed by atoms with Crippen LogP contribution in [0.15, 0.2) is 6.07 Å². The van der Waals surface area contributed by atoms with Crippen molar-refractivity contribution in [2.75, 3.05) is 26.4 Å². The van der Waals surface area contributed by atoms with E-state index in [4.69, 9.17) is 9.47 Å². The maximum atomic E-state index is 12.6. The molecule has 1 aliphatic heterocycles. The standard InChI is InChI=1S/C15H21N3O4/c1-2-22-14(19)7-11-9-21-6-5-18(11)15(20)13-8-12(16-17-13)10-3-4-10/h8,10-11H,2-7,9H2,1H3,(H,16,17)/t11-/m0/s1. The van der Waals surface area contributed by atoms with Gasteiger partial charge in [0, 0.05) is 18.2 Å². The Morgan fingerprint density at radius 1 is 1.50 bits per heavy atom. The van der Waals surface area contributed by atoms with Gasteiger partial charge in [-0.15, -0.1) is 0 Å². The molecule has 0 unspecified atom stereocenters. The molecule has 1 aromatic rings. The van der Waals surface area contributed by atoms with Crippen molar-refractivity contribution in [2.24, 2.45) is 0 Å². The van der Waals surface area contributed by atoms with Gasteiger partial charge in [0.25, 0.3) is 5.91 Å². The highest BCUT2D eigenvalue weighted by atomic mass is 16.5. The molecular weight excluding hydrogens is 286 g/mol. The summed E-state index contributed by atoms with van der Waals surface area (Å²) in [6.07, 6.45) is 2.46. The fraction of sp³-hybridized carbons (Fsp3) is 0.667. The Kier molecular flexibility index (Phi) is 4.42. The first-order valence-electron chi connectivity index (χ1n) is 7.78. The Labute approximate surface area is 129 Å². The third-order valence-electron chi connectivity index (χ3n) is 4.03. The third kappa shape index (κ3) is 3.30. The van der Waals surface area contributed by atoms with E-state index in [1.807, 2.05) is 6.07 Å². The largest absolute Gasteiger partial charge is 0.466 e. The molecule has 22 heavy (non-hydrogen) atoms. The van der Waals surface area contributed by atoms with Crippen LogP contribution in [0.25, 0.3) is 0 Å². The van der Waals surface area contributed by atoms with Gasteiger partial charge in [-0.05, 0) is 25.8 Å². The van der Waals surface area contributed by atoms with E-state index in [0.29, 0.717) is 38.0 Å². The number of amides is 1. The average molecular weight is 307 g/mol. The quantitative estimate of drug-likeness (QED) is 0.823. The molecule has 0 aromatic carbocycles. The number of carbonyl (C=O) groups excluding carboxylic acids is 2. The molecule has 2 heterocycles. The molecule has 7 heteroatoms. The van der Waals surface area contributed by atoms with Gasteiger partial charge in [0.15, 0.2) is 0 Å². The Hall–Kier alpha value is -1.89. The molecule has 1 N–H and O–H groups in total. The van der Waals surface area contributed by atoms with Crippen LogP contribution in [0, 0.1) is 0 Å². The molecule has 0 spiro atoms. The Morgan fingerprint density at radius 3 is 3.05 bits per heavy atom. The number of H-pyrrole nitrogens is 1. The lowest BCUT2D eigenvalue weighted by Gasteiger charge is -2.34. The van der Waals surface area contributed by atoms with Gasteiger partial charge in [-0.2, -0.15) is 5.10 Å². The Balaban J connectivity index is 1.68. The molecule has 120 valence electrons. The van der Waals surface area contributed by atoms with Crippen LogP contribution in [-0.2, 0) is 14.3 Å². The predicted octanol–water partition coefficient (Wildman–Crippen LogP) is 1.08. The van der Waals surface area contributed by atoms with Crippen molar-refractivity contribution in [1.82, 2.24) is 15.1 Å².